The molecule has 2 unspecified atom stereocenters. The van der Waals surface area contributed by atoms with Gasteiger partial charge in [-0.2, -0.15) is 0 Å². The minimum absolute atomic E-state index is 0.0558. The molecule has 1 aliphatic rings. The van der Waals surface area contributed by atoms with Gasteiger partial charge in [-0.15, -0.1) is 11.3 Å². The lowest BCUT2D eigenvalue weighted by Gasteiger charge is -2.27. The number of hydrogen-bond donors (Lipinski definition) is 1. The number of sulfone groups is 1. The summed E-state index contributed by atoms with van der Waals surface area (Å²) in [5, 5.41) is 3.42. The van der Waals surface area contributed by atoms with E-state index in [0.29, 0.717) is 16.5 Å². The summed E-state index contributed by atoms with van der Waals surface area (Å²) in [6.45, 7) is 0. The van der Waals surface area contributed by atoms with Crippen LogP contribution >= 0.6 is 22.9 Å². The van der Waals surface area contributed by atoms with E-state index < -0.39 is 9.84 Å². The van der Waals surface area contributed by atoms with Crippen molar-refractivity contribution in [1.29, 1.82) is 0 Å². The fourth-order valence-electron chi connectivity index (χ4n) is 2.63. The van der Waals surface area contributed by atoms with Gasteiger partial charge >= 0.3 is 0 Å². The van der Waals surface area contributed by atoms with Gasteiger partial charge in [0.25, 0.3) is 0 Å². The van der Waals surface area contributed by atoms with Crippen molar-refractivity contribution < 1.29 is 12.8 Å². The molecule has 0 amide bonds. The zero-order valence-corrected chi connectivity index (χ0v) is 13.7. The van der Waals surface area contributed by atoms with Crippen molar-refractivity contribution in [1.82, 2.24) is 5.32 Å². The Balaban J connectivity index is 1.83. The van der Waals surface area contributed by atoms with Gasteiger partial charge in [0.1, 0.15) is 11.8 Å². The van der Waals surface area contributed by atoms with Gasteiger partial charge < -0.3 is 4.42 Å². The second-order valence-electron chi connectivity index (χ2n) is 5.21. The SMILES string of the molecule is O=S1(=O)CCCC(NC(c2ccco2)c2ccc(Cl)s2)C1. The Morgan fingerprint density at radius 2 is 2.24 bits per heavy atom. The highest BCUT2D eigenvalue weighted by molar-refractivity contribution is 7.91. The first-order valence-electron chi connectivity index (χ1n) is 6.78. The predicted molar refractivity (Wildman–Crippen MR) is 84.7 cm³/mol. The molecule has 0 saturated carbocycles. The largest absolute Gasteiger partial charge is 0.467 e. The van der Waals surface area contributed by atoms with Crippen LogP contribution in [0.5, 0.6) is 0 Å². The fraction of sp³-hybridized carbons (Fsp3) is 0.429. The fourth-order valence-corrected chi connectivity index (χ4v) is 5.41. The van der Waals surface area contributed by atoms with E-state index in [4.69, 9.17) is 16.0 Å². The van der Waals surface area contributed by atoms with Gasteiger partial charge in [0.05, 0.1) is 22.1 Å². The minimum atomic E-state index is -2.94. The third kappa shape index (κ3) is 3.69. The Labute approximate surface area is 133 Å². The summed E-state index contributed by atoms with van der Waals surface area (Å²) < 4.78 is 29.8. The Kier molecular flexibility index (Phi) is 4.40. The molecule has 1 N–H and O–H groups in total. The van der Waals surface area contributed by atoms with Crippen LogP contribution in [0, 0.1) is 0 Å². The van der Waals surface area contributed by atoms with E-state index in [1.165, 1.54) is 11.3 Å². The van der Waals surface area contributed by atoms with Crippen molar-refractivity contribution in [3.05, 3.63) is 45.5 Å². The van der Waals surface area contributed by atoms with E-state index in [1.54, 1.807) is 6.26 Å². The van der Waals surface area contributed by atoms with Gasteiger partial charge in [-0.3, -0.25) is 5.32 Å². The first-order valence-corrected chi connectivity index (χ1v) is 9.80. The van der Waals surface area contributed by atoms with Gasteiger partial charge in [-0.05, 0) is 37.1 Å². The standard InChI is InChI=1S/C14H16ClNO3S2/c15-13-6-5-12(20-13)14(11-4-1-7-19-11)16-10-3-2-8-21(17,18)9-10/h1,4-7,10,14,16H,2-3,8-9H2. The van der Waals surface area contributed by atoms with Crippen LogP contribution in [-0.2, 0) is 9.84 Å². The van der Waals surface area contributed by atoms with Crippen molar-refractivity contribution in [2.45, 2.75) is 24.9 Å². The second-order valence-corrected chi connectivity index (χ2v) is 9.19. The van der Waals surface area contributed by atoms with Crippen molar-refractivity contribution in [2.24, 2.45) is 0 Å². The lowest BCUT2D eigenvalue weighted by atomic mass is 10.1. The van der Waals surface area contributed by atoms with Crippen LogP contribution in [0.1, 0.15) is 29.5 Å². The lowest BCUT2D eigenvalue weighted by molar-refractivity contribution is 0.399. The quantitative estimate of drug-likeness (QED) is 0.924. The van der Waals surface area contributed by atoms with E-state index in [2.05, 4.69) is 5.32 Å². The van der Waals surface area contributed by atoms with Crippen LogP contribution in [0.2, 0.25) is 4.34 Å². The molecular weight excluding hydrogens is 330 g/mol. The molecule has 0 radical (unpaired) electrons. The zero-order chi connectivity index (χ0) is 14.9. The lowest BCUT2D eigenvalue weighted by Crippen LogP contribution is -2.42. The van der Waals surface area contributed by atoms with Gasteiger partial charge in [0.15, 0.2) is 9.84 Å². The number of rotatable bonds is 4. The average Bonchev–Trinajstić information content (AvgIpc) is 3.06. The maximum absolute atomic E-state index is 11.8. The predicted octanol–water partition coefficient (Wildman–Crippen LogP) is 3.25. The molecule has 2 atom stereocenters. The summed E-state index contributed by atoms with van der Waals surface area (Å²) in [6, 6.07) is 7.30. The highest BCUT2D eigenvalue weighted by Gasteiger charge is 2.29. The summed E-state index contributed by atoms with van der Waals surface area (Å²) in [5.74, 6) is 1.25. The molecule has 3 heterocycles. The highest BCUT2D eigenvalue weighted by atomic mass is 35.5. The molecule has 7 heteroatoms. The van der Waals surface area contributed by atoms with Crippen LogP contribution in [0.3, 0.4) is 0 Å². The Hall–Kier alpha value is -0.820. The van der Waals surface area contributed by atoms with Gasteiger partial charge in [-0.25, -0.2) is 8.42 Å². The van der Waals surface area contributed by atoms with Crippen LogP contribution in [-0.4, -0.2) is 26.0 Å². The summed E-state index contributed by atoms with van der Waals surface area (Å²) >= 11 is 7.49. The molecule has 2 aromatic rings. The molecule has 0 aliphatic carbocycles. The molecule has 1 aliphatic heterocycles. The molecule has 114 valence electrons. The van der Waals surface area contributed by atoms with E-state index in [9.17, 15) is 8.42 Å². The molecule has 2 aromatic heterocycles. The number of nitrogens with one attached hydrogen (secondary N) is 1. The van der Waals surface area contributed by atoms with E-state index in [-0.39, 0.29) is 17.8 Å². The van der Waals surface area contributed by atoms with Crippen molar-refractivity contribution in [3.8, 4) is 0 Å². The number of hydrogen-bond acceptors (Lipinski definition) is 5. The van der Waals surface area contributed by atoms with Crippen molar-refractivity contribution in [2.75, 3.05) is 11.5 Å². The number of thiophene rings is 1. The number of halogens is 1. The monoisotopic (exact) mass is 345 g/mol. The smallest absolute Gasteiger partial charge is 0.151 e. The molecule has 1 fully saturated rings. The zero-order valence-electron chi connectivity index (χ0n) is 11.3. The molecular formula is C14H16ClNO3S2. The third-order valence-corrected chi connectivity index (χ3v) is 6.69. The molecule has 0 spiro atoms. The molecule has 0 bridgehead atoms. The van der Waals surface area contributed by atoms with Gasteiger partial charge in [-0.1, -0.05) is 11.6 Å². The normalized spacial score (nSPS) is 23.0. The summed E-state index contributed by atoms with van der Waals surface area (Å²) in [6.07, 6.45) is 3.18. The Morgan fingerprint density at radius 3 is 2.86 bits per heavy atom. The Bertz CT molecular complexity index is 694. The highest BCUT2D eigenvalue weighted by Crippen LogP contribution is 2.32. The van der Waals surface area contributed by atoms with Crippen LogP contribution in [0.25, 0.3) is 0 Å². The first kappa shape index (κ1) is 15.1. The summed E-state index contributed by atoms with van der Waals surface area (Å²) in [4.78, 5) is 1.03. The second kappa shape index (κ2) is 6.12. The van der Waals surface area contributed by atoms with E-state index >= 15 is 0 Å². The van der Waals surface area contributed by atoms with Gasteiger partial charge in [0, 0.05) is 10.9 Å². The number of furan rings is 1. The van der Waals surface area contributed by atoms with Crippen molar-refractivity contribution >= 4 is 32.8 Å². The maximum Gasteiger partial charge on any atom is 0.151 e. The first-order chi connectivity index (χ1) is 10.0. The average molecular weight is 346 g/mol. The molecule has 1 saturated heterocycles. The molecule has 0 aromatic carbocycles. The maximum atomic E-state index is 11.8. The molecule has 3 rings (SSSR count). The van der Waals surface area contributed by atoms with E-state index in [1.807, 2.05) is 24.3 Å². The van der Waals surface area contributed by atoms with Crippen LogP contribution in [0.4, 0.5) is 0 Å². The minimum Gasteiger partial charge on any atom is -0.467 e. The summed E-state index contributed by atoms with van der Waals surface area (Å²) in [7, 11) is -2.94. The Morgan fingerprint density at radius 1 is 1.38 bits per heavy atom. The summed E-state index contributed by atoms with van der Waals surface area (Å²) in [5.41, 5.74) is 0. The molecule has 21 heavy (non-hydrogen) atoms. The van der Waals surface area contributed by atoms with Crippen molar-refractivity contribution in [3.63, 3.8) is 0 Å². The van der Waals surface area contributed by atoms with Crippen LogP contribution in [0.15, 0.2) is 34.9 Å². The molecule has 4 nitrogen and oxygen atoms in total. The third-order valence-electron chi connectivity index (χ3n) is 3.57. The van der Waals surface area contributed by atoms with Gasteiger partial charge in [0.2, 0.25) is 0 Å². The van der Waals surface area contributed by atoms with Crippen LogP contribution < -0.4 is 5.32 Å². The van der Waals surface area contributed by atoms with E-state index in [0.717, 1.165) is 17.1 Å². The topological polar surface area (TPSA) is 59.3 Å².